The molecule has 0 saturated heterocycles. The average molecular weight is 269 g/mol. The van der Waals surface area contributed by atoms with E-state index in [1.165, 1.54) is 6.42 Å². The van der Waals surface area contributed by atoms with Crippen molar-refractivity contribution in [2.24, 2.45) is 5.92 Å². The van der Waals surface area contributed by atoms with E-state index in [1.807, 2.05) is 0 Å². The summed E-state index contributed by atoms with van der Waals surface area (Å²) in [7, 11) is 0. The number of rotatable bonds is 4. The maximum atomic E-state index is 12.4. The van der Waals surface area contributed by atoms with Gasteiger partial charge < -0.3 is 0 Å². The third-order valence-electron chi connectivity index (χ3n) is 2.72. The topological polar surface area (TPSA) is 17.1 Å². The Bertz CT molecular complexity index is 195. The monoisotopic (exact) mass is 268 g/mol. The molecule has 0 aromatic carbocycles. The van der Waals surface area contributed by atoms with Crippen molar-refractivity contribution in [1.29, 1.82) is 0 Å². The Kier molecular flexibility index (Phi) is 4.48. The van der Waals surface area contributed by atoms with E-state index in [9.17, 15) is 13.6 Å². The van der Waals surface area contributed by atoms with E-state index in [-0.39, 0.29) is 24.5 Å². The summed E-state index contributed by atoms with van der Waals surface area (Å²) < 4.78 is 24.8. The predicted molar refractivity (Wildman–Crippen MR) is 54.7 cm³/mol. The first-order valence-corrected chi connectivity index (χ1v) is 5.88. The van der Waals surface area contributed by atoms with Gasteiger partial charge in [0.05, 0.1) is 0 Å². The fraction of sp³-hybridized carbons (Fsp3) is 0.900. The molecule has 1 saturated carbocycles. The van der Waals surface area contributed by atoms with E-state index in [0.29, 0.717) is 0 Å². The van der Waals surface area contributed by atoms with Gasteiger partial charge in [-0.3, -0.25) is 4.79 Å². The van der Waals surface area contributed by atoms with Crippen LogP contribution in [0, 0.1) is 5.92 Å². The number of halogens is 3. The molecule has 0 unspecified atom stereocenters. The first kappa shape index (κ1) is 12.1. The summed E-state index contributed by atoms with van der Waals surface area (Å²) in [5.41, 5.74) is 0. The second-order valence-electron chi connectivity index (χ2n) is 3.92. The lowest BCUT2D eigenvalue weighted by Gasteiger charge is -2.20. The van der Waals surface area contributed by atoms with Gasteiger partial charge in [-0.1, -0.05) is 19.3 Å². The van der Waals surface area contributed by atoms with Gasteiger partial charge in [0.1, 0.15) is 5.78 Å². The molecule has 0 bridgehead atoms. The van der Waals surface area contributed by atoms with E-state index >= 15 is 0 Å². The molecule has 4 heteroatoms. The fourth-order valence-corrected chi connectivity index (χ4v) is 2.09. The Balaban J connectivity index is 2.27. The Labute approximate surface area is 91.4 Å². The van der Waals surface area contributed by atoms with Gasteiger partial charge in [0.2, 0.25) is 0 Å². The van der Waals surface area contributed by atoms with E-state index < -0.39 is 4.83 Å². The third-order valence-corrected chi connectivity index (χ3v) is 3.11. The zero-order chi connectivity index (χ0) is 10.6. The van der Waals surface area contributed by atoms with Crippen LogP contribution in [-0.2, 0) is 4.79 Å². The standard InChI is InChI=1S/C10H15BrF2O/c11-10(12,13)7-6-9(14)8-4-2-1-3-5-8/h8H,1-7H2. The SMILES string of the molecule is O=C(CCC(F)(F)Br)C1CCCCC1. The molecule has 82 valence electrons. The van der Waals surface area contributed by atoms with Crippen LogP contribution < -0.4 is 0 Å². The number of carbonyl (C=O) groups excluding carboxylic acids is 1. The van der Waals surface area contributed by atoms with Crippen LogP contribution >= 0.6 is 15.9 Å². The molecule has 0 aromatic heterocycles. The molecule has 0 amide bonds. The van der Waals surface area contributed by atoms with Crippen molar-refractivity contribution in [2.45, 2.75) is 49.8 Å². The van der Waals surface area contributed by atoms with Crippen LogP contribution in [0.4, 0.5) is 8.78 Å². The molecule has 0 aliphatic heterocycles. The zero-order valence-electron chi connectivity index (χ0n) is 8.07. The van der Waals surface area contributed by atoms with Gasteiger partial charge >= 0.3 is 4.83 Å². The molecule has 1 fully saturated rings. The predicted octanol–water partition coefficient (Wildman–Crippen LogP) is 3.90. The molecule has 0 N–H and O–H groups in total. The van der Waals surface area contributed by atoms with Crippen molar-refractivity contribution in [3.05, 3.63) is 0 Å². The summed E-state index contributed by atoms with van der Waals surface area (Å²) in [5, 5.41) is 0. The van der Waals surface area contributed by atoms with Crippen molar-refractivity contribution in [2.75, 3.05) is 0 Å². The summed E-state index contributed by atoms with van der Waals surface area (Å²) in [4.78, 5) is 8.61. The molecule has 0 atom stereocenters. The minimum absolute atomic E-state index is 0.00289. The van der Waals surface area contributed by atoms with Crippen LogP contribution in [0.1, 0.15) is 44.9 Å². The van der Waals surface area contributed by atoms with Gasteiger partial charge in [-0.25, -0.2) is 0 Å². The van der Waals surface area contributed by atoms with Crippen molar-refractivity contribution in [3.8, 4) is 0 Å². The Hall–Kier alpha value is 0.01000. The first-order chi connectivity index (χ1) is 6.49. The number of alkyl halides is 3. The average Bonchev–Trinajstić information content (AvgIpc) is 2.14. The Morgan fingerprint density at radius 1 is 1.29 bits per heavy atom. The highest BCUT2D eigenvalue weighted by molar-refractivity contribution is 9.09. The molecular formula is C10H15BrF2O. The van der Waals surface area contributed by atoms with Gasteiger partial charge in [-0.2, -0.15) is 8.78 Å². The van der Waals surface area contributed by atoms with Crippen LogP contribution in [-0.4, -0.2) is 10.6 Å². The summed E-state index contributed by atoms with van der Waals surface area (Å²) in [5.74, 6) is 0.0717. The lowest BCUT2D eigenvalue weighted by molar-refractivity contribution is -0.124. The van der Waals surface area contributed by atoms with Crippen LogP contribution in [0.5, 0.6) is 0 Å². The van der Waals surface area contributed by atoms with Crippen LogP contribution in [0.3, 0.4) is 0 Å². The molecule has 0 spiro atoms. The lowest BCUT2D eigenvalue weighted by atomic mass is 9.85. The van der Waals surface area contributed by atoms with Crippen molar-refractivity contribution in [1.82, 2.24) is 0 Å². The molecule has 14 heavy (non-hydrogen) atoms. The highest BCUT2D eigenvalue weighted by Crippen LogP contribution is 2.30. The van der Waals surface area contributed by atoms with Crippen molar-refractivity contribution < 1.29 is 13.6 Å². The summed E-state index contributed by atoms with van der Waals surface area (Å²) in [6.07, 6.45) is 4.74. The van der Waals surface area contributed by atoms with Gasteiger partial charge in [0.25, 0.3) is 0 Å². The fourth-order valence-electron chi connectivity index (χ4n) is 1.89. The van der Waals surface area contributed by atoms with Crippen LogP contribution in [0.2, 0.25) is 0 Å². The first-order valence-electron chi connectivity index (χ1n) is 5.08. The molecule has 0 heterocycles. The highest BCUT2D eigenvalue weighted by atomic mass is 79.9. The van der Waals surface area contributed by atoms with E-state index in [4.69, 9.17) is 0 Å². The second kappa shape index (κ2) is 5.19. The molecule has 1 aliphatic carbocycles. The number of hydrogen-bond acceptors (Lipinski definition) is 1. The number of carbonyl (C=O) groups is 1. The Morgan fingerprint density at radius 2 is 1.86 bits per heavy atom. The molecule has 0 aromatic rings. The van der Waals surface area contributed by atoms with E-state index in [0.717, 1.165) is 25.7 Å². The lowest BCUT2D eigenvalue weighted by Crippen LogP contribution is -2.19. The van der Waals surface area contributed by atoms with Crippen LogP contribution in [0.15, 0.2) is 0 Å². The highest BCUT2D eigenvalue weighted by Gasteiger charge is 2.27. The molecular weight excluding hydrogens is 254 g/mol. The summed E-state index contributed by atoms with van der Waals surface area (Å²) in [6.45, 7) is 0. The van der Waals surface area contributed by atoms with E-state index in [2.05, 4.69) is 15.9 Å². The normalized spacial score (nSPS) is 19.6. The van der Waals surface area contributed by atoms with Crippen molar-refractivity contribution >= 4 is 21.7 Å². The van der Waals surface area contributed by atoms with Crippen molar-refractivity contribution in [3.63, 3.8) is 0 Å². The van der Waals surface area contributed by atoms with Crippen LogP contribution in [0.25, 0.3) is 0 Å². The largest absolute Gasteiger partial charge is 0.301 e. The van der Waals surface area contributed by atoms with Gasteiger partial charge in [-0.15, -0.1) is 0 Å². The summed E-state index contributed by atoms with van der Waals surface area (Å²) in [6, 6.07) is 0. The second-order valence-corrected chi connectivity index (χ2v) is 5.08. The molecule has 0 radical (unpaired) electrons. The van der Waals surface area contributed by atoms with Gasteiger partial charge in [-0.05, 0) is 28.8 Å². The molecule has 1 aliphatic rings. The molecule has 1 rings (SSSR count). The smallest absolute Gasteiger partial charge is 0.299 e. The number of hydrogen-bond donors (Lipinski definition) is 0. The Morgan fingerprint density at radius 3 is 2.36 bits per heavy atom. The maximum absolute atomic E-state index is 12.4. The van der Waals surface area contributed by atoms with Gasteiger partial charge in [0.15, 0.2) is 0 Å². The third kappa shape index (κ3) is 4.49. The maximum Gasteiger partial charge on any atom is 0.301 e. The summed E-state index contributed by atoms with van der Waals surface area (Å²) >= 11 is 2.25. The molecule has 1 nitrogen and oxygen atoms in total. The van der Waals surface area contributed by atoms with E-state index in [1.54, 1.807) is 0 Å². The zero-order valence-corrected chi connectivity index (χ0v) is 9.66. The minimum Gasteiger partial charge on any atom is -0.299 e. The quantitative estimate of drug-likeness (QED) is 0.707. The minimum atomic E-state index is -2.88. The number of Topliss-reactive ketones (excluding diaryl/α,β-unsaturated/α-hetero) is 1. The van der Waals surface area contributed by atoms with Gasteiger partial charge in [0, 0.05) is 18.8 Å². The number of ketones is 1.